The van der Waals surface area contributed by atoms with E-state index < -0.39 is 11.9 Å². The molecule has 1 unspecified atom stereocenters. The number of rotatable bonds is 5. The van der Waals surface area contributed by atoms with Gasteiger partial charge in [0.25, 0.3) is 0 Å². The first kappa shape index (κ1) is 25.8. The van der Waals surface area contributed by atoms with Crippen molar-refractivity contribution in [3.8, 4) is 0 Å². The molecule has 7 nitrogen and oxygen atoms in total. The molecule has 1 aliphatic carbocycles. The van der Waals surface area contributed by atoms with Gasteiger partial charge in [-0.15, -0.1) is 0 Å². The molecule has 2 heterocycles. The highest BCUT2D eigenvalue weighted by Crippen LogP contribution is 2.50. The van der Waals surface area contributed by atoms with Crippen LogP contribution in [-0.2, 0) is 14.3 Å². The van der Waals surface area contributed by atoms with Gasteiger partial charge in [0.15, 0.2) is 5.78 Å². The van der Waals surface area contributed by atoms with Crippen LogP contribution in [0.4, 0.5) is 5.69 Å². The first-order valence-electron chi connectivity index (χ1n) is 12.7. The number of ether oxygens (including phenoxy) is 1. The van der Waals surface area contributed by atoms with Crippen LogP contribution < -0.4 is 11.2 Å². The number of esters is 1. The molecule has 0 fully saturated rings. The Kier molecular flexibility index (Phi) is 6.65. The lowest BCUT2D eigenvalue weighted by Gasteiger charge is -2.44. The summed E-state index contributed by atoms with van der Waals surface area (Å²) in [4.78, 5) is 32.0. The number of allylic oxidation sites excluding steroid dienone is 2. The van der Waals surface area contributed by atoms with Crippen molar-refractivity contribution in [2.24, 2.45) is 11.1 Å². The average Bonchev–Trinajstić information content (AvgIpc) is 2.85. The van der Waals surface area contributed by atoms with Crippen molar-refractivity contribution in [1.82, 2.24) is 9.99 Å². The van der Waals surface area contributed by atoms with E-state index in [1.54, 1.807) is 11.9 Å². The molecule has 38 heavy (non-hydrogen) atoms. The van der Waals surface area contributed by atoms with Gasteiger partial charge in [-0.3, -0.25) is 10.2 Å². The Morgan fingerprint density at radius 1 is 1.18 bits per heavy atom. The van der Waals surface area contributed by atoms with Gasteiger partial charge in [-0.2, -0.15) is 0 Å². The summed E-state index contributed by atoms with van der Waals surface area (Å²) in [6.45, 7) is 8.01. The summed E-state index contributed by atoms with van der Waals surface area (Å²) in [5, 5.41) is 2.73. The van der Waals surface area contributed by atoms with Crippen molar-refractivity contribution in [1.29, 1.82) is 0 Å². The largest absolute Gasteiger partial charge is 0.463 e. The Hall–Kier alpha value is -3.84. The molecule has 0 saturated heterocycles. The number of aromatic nitrogens is 1. The maximum Gasteiger partial charge on any atom is 0.338 e. The molecule has 0 spiro atoms. The van der Waals surface area contributed by atoms with Crippen LogP contribution in [0.25, 0.3) is 10.9 Å². The van der Waals surface area contributed by atoms with Crippen molar-refractivity contribution < 1.29 is 14.3 Å². The topological polar surface area (TPSA) is 97.5 Å². The highest BCUT2D eigenvalue weighted by atomic mass is 35.5. The van der Waals surface area contributed by atoms with Crippen LogP contribution in [0, 0.1) is 12.3 Å². The van der Waals surface area contributed by atoms with Crippen molar-refractivity contribution in [2.45, 2.75) is 46.5 Å². The number of hydrogen-bond donors (Lipinski definition) is 2. The second-order valence-electron chi connectivity index (χ2n) is 10.6. The van der Waals surface area contributed by atoms with E-state index in [9.17, 15) is 9.59 Å². The third-order valence-corrected chi connectivity index (χ3v) is 7.37. The van der Waals surface area contributed by atoms with Crippen molar-refractivity contribution >= 4 is 39.9 Å². The minimum atomic E-state index is -0.812. The van der Waals surface area contributed by atoms with Gasteiger partial charge in [0.2, 0.25) is 0 Å². The predicted molar refractivity (Wildman–Crippen MR) is 149 cm³/mol. The minimum absolute atomic E-state index is 0.0597. The molecule has 3 aromatic rings. The number of anilines is 1. The number of aryl methyl sites for hydroxylation is 1. The number of benzene rings is 2. The van der Waals surface area contributed by atoms with Crippen LogP contribution in [0.15, 0.2) is 77.3 Å². The lowest BCUT2D eigenvalue weighted by molar-refractivity contribution is -0.139. The van der Waals surface area contributed by atoms with E-state index in [2.05, 4.69) is 24.3 Å². The second-order valence-corrected chi connectivity index (χ2v) is 11.0. The number of nitrogens with two attached hydrogens (primary N) is 1. The summed E-state index contributed by atoms with van der Waals surface area (Å²) >= 11 is 6.76. The zero-order chi connectivity index (χ0) is 27.2. The molecule has 0 amide bonds. The van der Waals surface area contributed by atoms with Gasteiger partial charge in [0, 0.05) is 22.9 Å². The first-order chi connectivity index (χ1) is 18.1. The summed E-state index contributed by atoms with van der Waals surface area (Å²) in [6.07, 6.45) is 0.897. The third kappa shape index (κ3) is 4.63. The van der Waals surface area contributed by atoms with E-state index in [4.69, 9.17) is 22.1 Å². The number of ketones is 1. The zero-order valence-corrected chi connectivity index (χ0v) is 22.7. The fourth-order valence-electron chi connectivity index (χ4n) is 5.33. The Morgan fingerprint density at radius 2 is 1.89 bits per heavy atom. The highest BCUT2D eigenvalue weighted by Gasteiger charge is 2.47. The molecule has 0 bridgehead atoms. The Labute approximate surface area is 227 Å². The van der Waals surface area contributed by atoms with Gasteiger partial charge in [-0.25, -0.2) is 14.8 Å². The van der Waals surface area contributed by atoms with Gasteiger partial charge in [0.05, 0.1) is 35.0 Å². The number of halogens is 1. The number of para-hydroxylation sites is 1. The predicted octanol–water partition coefficient (Wildman–Crippen LogP) is 6.00. The number of Topliss-reactive ketones (excluding diaryl/α,β-unsaturated/α-hetero) is 1. The number of pyridine rings is 1. The summed E-state index contributed by atoms with van der Waals surface area (Å²) in [5.74, 6) is -1.30. The molecule has 0 radical (unpaired) electrons. The van der Waals surface area contributed by atoms with Gasteiger partial charge >= 0.3 is 5.97 Å². The number of nitrogens with zero attached hydrogens (tertiary/aromatic N) is 2. The Bertz CT molecular complexity index is 1510. The molecular formula is C30H31ClN4O3. The van der Waals surface area contributed by atoms with Crippen molar-refractivity contribution in [2.75, 3.05) is 12.0 Å². The Balaban J connectivity index is 1.76. The lowest BCUT2D eigenvalue weighted by Crippen LogP contribution is -2.45. The molecule has 8 heteroatoms. The maximum absolute atomic E-state index is 13.9. The molecule has 1 aliphatic heterocycles. The Morgan fingerprint density at radius 3 is 2.61 bits per heavy atom. The maximum atomic E-state index is 13.9. The van der Waals surface area contributed by atoms with Crippen LogP contribution in [0.3, 0.4) is 0 Å². The molecule has 5 rings (SSSR count). The van der Waals surface area contributed by atoms with Crippen LogP contribution in [0.1, 0.15) is 50.7 Å². The second kappa shape index (κ2) is 9.80. The van der Waals surface area contributed by atoms with Crippen molar-refractivity contribution in [3.05, 3.63) is 93.5 Å². The quantitative estimate of drug-likeness (QED) is 0.308. The number of nitrogens with one attached hydrogen (secondary N) is 1. The van der Waals surface area contributed by atoms with Crippen LogP contribution in [0.2, 0.25) is 5.15 Å². The number of carbonyl (C=O) groups excluding carboxylic acids is 2. The third-order valence-electron chi connectivity index (χ3n) is 7.06. The molecule has 1 aromatic heterocycles. The molecule has 0 saturated carbocycles. The summed E-state index contributed by atoms with van der Waals surface area (Å²) in [6, 6.07) is 17.3. The fraction of sp³-hybridized carbons (Fsp3) is 0.300. The molecule has 196 valence electrons. The smallest absolute Gasteiger partial charge is 0.338 e. The van der Waals surface area contributed by atoms with Crippen molar-refractivity contribution in [3.63, 3.8) is 0 Å². The normalized spacial score (nSPS) is 19.0. The van der Waals surface area contributed by atoms with E-state index >= 15 is 0 Å². The van der Waals surface area contributed by atoms with Crippen LogP contribution in [0.5, 0.6) is 0 Å². The number of carbonyl (C=O) groups is 2. The molecule has 1 atom stereocenters. The summed E-state index contributed by atoms with van der Waals surface area (Å²) < 4.78 is 5.47. The molecule has 2 aliphatic rings. The van der Waals surface area contributed by atoms with E-state index in [1.165, 1.54) is 0 Å². The lowest BCUT2D eigenvalue weighted by atomic mass is 9.69. The van der Waals surface area contributed by atoms with Gasteiger partial charge < -0.3 is 10.5 Å². The number of hydrazine groups is 1. The van der Waals surface area contributed by atoms with Crippen LogP contribution in [-0.4, -0.2) is 28.4 Å². The first-order valence-corrected chi connectivity index (χ1v) is 13.1. The molecule has 2 aromatic carbocycles. The van der Waals surface area contributed by atoms with Crippen LogP contribution >= 0.6 is 11.6 Å². The van der Waals surface area contributed by atoms with E-state index in [0.717, 1.165) is 22.2 Å². The van der Waals surface area contributed by atoms with Gasteiger partial charge in [-0.1, -0.05) is 61.3 Å². The SMILES string of the molecule is CCOC(=O)C1=C(N)N(Nc2ccc(C)cc2)C2=C(C(=O)CC(C)(C)C2)C1c1cc2ccccc2nc1Cl. The molecule has 3 N–H and O–H groups in total. The highest BCUT2D eigenvalue weighted by molar-refractivity contribution is 6.31. The standard InChI is InChI=1S/C30H31ClN4O3/c1-5-38-29(37)26-24(20-14-18-8-6-7-9-21(18)33-27(20)31)25-22(15-30(3,4)16-23(25)36)35(28(26)32)34-19-12-10-17(2)11-13-19/h6-14,24,34H,5,15-16,32H2,1-4H3. The fourth-order valence-corrected chi connectivity index (χ4v) is 5.58. The molecular weight excluding hydrogens is 500 g/mol. The monoisotopic (exact) mass is 530 g/mol. The number of fused-ring (bicyclic) bond motifs is 1. The van der Waals surface area contributed by atoms with E-state index in [1.807, 2.05) is 61.5 Å². The van der Waals surface area contributed by atoms with E-state index in [-0.39, 0.29) is 34.4 Å². The minimum Gasteiger partial charge on any atom is -0.463 e. The van der Waals surface area contributed by atoms with E-state index in [0.29, 0.717) is 29.7 Å². The number of hydrogen-bond acceptors (Lipinski definition) is 7. The average molecular weight is 531 g/mol. The van der Waals surface area contributed by atoms with Gasteiger partial charge in [0.1, 0.15) is 11.0 Å². The van der Waals surface area contributed by atoms with Gasteiger partial charge in [-0.05, 0) is 49.9 Å². The summed E-state index contributed by atoms with van der Waals surface area (Å²) in [7, 11) is 0. The zero-order valence-electron chi connectivity index (χ0n) is 22.0. The summed E-state index contributed by atoms with van der Waals surface area (Å²) in [5.41, 5.74) is 14.3.